The van der Waals surface area contributed by atoms with Gasteiger partial charge in [0, 0.05) is 6.42 Å². The van der Waals surface area contributed by atoms with Crippen molar-refractivity contribution in [3.8, 4) is 0 Å². The Kier molecular flexibility index (Phi) is 6.88. The molecule has 0 heterocycles. The van der Waals surface area contributed by atoms with E-state index >= 15 is 0 Å². The van der Waals surface area contributed by atoms with Gasteiger partial charge in [0.05, 0.1) is 0 Å². The topological polar surface area (TPSA) is 72.2 Å². The van der Waals surface area contributed by atoms with Crippen molar-refractivity contribution in [3.63, 3.8) is 0 Å². The first-order chi connectivity index (χ1) is 16.5. The molecule has 0 unspecified atom stereocenters. The van der Waals surface area contributed by atoms with Crippen molar-refractivity contribution in [2.45, 2.75) is 24.8 Å². The minimum absolute atomic E-state index is 0.299. The van der Waals surface area contributed by atoms with Crippen molar-refractivity contribution in [1.29, 1.82) is 0 Å². The van der Waals surface area contributed by atoms with Crippen molar-refractivity contribution >= 4 is 11.8 Å². The fourth-order valence-corrected chi connectivity index (χ4v) is 4.52. The third-order valence-electron chi connectivity index (χ3n) is 6.13. The van der Waals surface area contributed by atoms with Crippen molar-refractivity contribution in [3.05, 3.63) is 143 Å². The second-order valence-electron chi connectivity index (χ2n) is 8.47. The minimum atomic E-state index is -1.16. The average Bonchev–Trinajstić information content (AvgIpc) is 2.86. The van der Waals surface area contributed by atoms with Crippen LogP contribution in [0.4, 0.5) is 0 Å². The highest BCUT2D eigenvalue weighted by atomic mass is 16.2. The molecule has 0 aliphatic carbocycles. The Labute approximate surface area is 200 Å². The van der Waals surface area contributed by atoms with Gasteiger partial charge < -0.3 is 11.1 Å². The predicted octanol–water partition coefficient (Wildman–Crippen LogP) is 4.54. The number of primary amides is 1. The highest BCUT2D eigenvalue weighted by Gasteiger charge is 2.44. The molecule has 0 saturated carbocycles. The van der Waals surface area contributed by atoms with E-state index in [2.05, 4.69) is 5.32 Å². The summed E-state index contributed by atoms with van der Waals surface area (Å²) in [5, 5.41) is 3.01. The first-order valence-electron chi connectivity index (χ1n) is 11.3. The van der Waals surface area contributed by atoms with Crippen LogP contribution in [0.1, 0.15) is 27.8 Å². The Morgan fingerprint density at radius 1 is 0.735 bits per heavy atom. The van der Waals surface area contributed by atoms with Gasteiger partial charge >= 0.3 is 0 Å². The van der Waals surface area contributed by atoms with Crippen LogP contribution in [0.25, 0.3) is 0 Å². The van der Waals surface area contributed by atoms with Crippen LogP contribution in [0.2, 0.25) is 0 Å². The molecule has 170 valence electrons. The number of hydrogen-bond acceptors (Lipinski definition) is 2. The highest BCUT2D eigenvalue weighted by Crippen LogP contribution is 2.39. The Bertz CT molecular complexity index is 1160. The molecule has 2 amide bonds. The summed E-state index contributed by atoms with van der Waals surface area (Å²) in [6.07, 6.45) is 0.317. The van der Waals surface area contributed by atoms with E-state index < -0.39 is 17.4 Å². The number of nitrogens with one attached hydrogen (secondary N) is 1. The van der Waals surface area contributed by atoms with Crippen LogP contribution in [0.5, 0.6) is 0 Å². The Morgan fingerprint density at radius 3 is 1.62 bits per heavy atom. The maximum atomic E-state index is 14.3. The van der Waals surface area contributed by atoms with Crippen LogP contribution in [0.3, 0.4) is 0 Å². The number of carbonyl (C=O) groups excluding carboxylic acids is 2. The molecule has 0 aliphatic heterocycles. The van der Waals surface area contributed by atoms with E-state index in [9.17, 15) is 9.59 Å². The predicted molar refractivity (Wildman–Crippen MR) is 135 cm³/mol. The first kappa shape index (κ1) is 23.0. The van der Waals surface area contributed by atoms with Gasteiger partial charge in [0.25, 0.3) is 0 Å². The van der Waals surface area contributed by atoms with Crippen LogP contribution >= 0.6 is 0 Å². The number of hydrogen-bond donors (Lipinski definition) is 2. The molecule has 3 N–H and O–H groups in total. The molecule has 0 spiro atoms. The van der Waals surface area contributed by atoms with Crippen LogP contribution < -0.4 is 11.1 Å². The number of carbonyl (C=O) groups is 2. The van der Waals surface area contributed by atoms with Crippen molar-refractivity contribution < 1.29 is 9.59 Å². The third kappa shape index (κ3) is 4.62. The lowest BCUT2D eigenvalue weighted by molar-refractivity contribution is -0.129. The molecule has 0 bridgehead atoms. The molecule has 34 heavy (non-hydrogen) atoms. The molecular weight excluding hydrogens is 420 g/mol. The maximum absolute atomic E-state index is 14.3. The Balaban J connectivity index is 1.84. The molecule has 4 aromatic rings. The van der Waals surface area contributed by atoms with E-state index in [0.717, 1.165) is 27.8 Å². The zero-order chi connectivity index (χ0) is 24.0. The smallest absolute Gasteiger partial charge is 0.240 e. The van der Waals surface area contributed by atoms with Crippen LogP contribution in [0, 0.1) is 6.92 Å². The van der Waals surface area contributed by atoms with Gasteiger partial charge in [-0.1, -0.05) is 121 Å². The highest BCUT2D eigenvalue weighted by molar-refractivity contribution is 5.98. The Morgan fingerprint density at radius 2 is 1.21 bits per heavy atom. The fraction of sp³-hybridized carbons (Fsp3) is 0.133. The molecular formula is C30H28N2O2. The quantitative estimate of drug-likeness (QED) is 0.389. The largest absolute Gasteiger partial charge is 0.368 e. The summed E-state index contributed by atoms with van der Waals surface area (Å²) in [4.78, 5) is 26.8. The molecule has 0 aliphatic rings. The van der Waals surface area contributed by atoms with Crippen molar-refractivity contribution in [1.82, 2.24) is 5.32 Å². The summed E-state index contributed by atoms with van der Waals surface area (Å²) in [6.45, 7) is 1.99. The zero-order valence-electron chi connectivity index (χ0n) is 19.1. The lowest BCUT2D eigenvalue weighted by Gasteiger charge is -2.35. The molecule has 0 aromatic heterocycles. The summed E-state index contributed by atoms with van der Waals surface area (Å²) in [7, 11) is 0. The summed E-state index contributed by atoms with van der Waals surface area (Å²) in [5.74, 6) is -0.870. The number of benzene rings is 4. The fourth-order valence-electron chi connectivity index (χ4n) is 4.52. The van der Waals surface area contributed by atoms with Crippen LogP contribution in [-0.2, 0) is 21.4 Å². The molecule has 4 nitrogen and oxygen atoms in total. The summed E-state index contributed by atoms with van der Waals surface area (Å²) in [5.41, 5.74) is 9.06. The standard InChI is InChI=1S/C30H28N2O2/c1-22-12-11-13-23(20-22)21-27(28(31)33)32-29(34)30(24-14-5-2-6-15-24,25-16-7-3-8-17-25)26-18-9-4-10-19-26/h2-20,27H,21H2,1H3,(H2,31,33)(H,32,34)/t27-/m1/s1. The minimum Gasteiger partial charge on any atom is -0.368 e. The van der Waals surface area contributed by atoms with Gasteiger partial charge in [-0.2, -0.15) is 0 Å². The number of rotatable bonds is 8. The van der Waals surface area contributed by atoms with Crippen molar-refractivity contribution in [2.24, 2.45) is 5.73 Å². The van der Waals surface area contributed by atoms with E-state index in [4.69, 9.17) is 5.73 Å². The van der Waals surface area contributed by atoms with E-state index in [1.807, 2.05) is 122 Å². The van der Waals surface area contributed by atoms with Crippen LogP contribution in [0.15, 0.2) is 115 Å². The first-order valence-corrected chi connectivity index (χ1v) is 11.3. The molecule has 4 rings (SSSR count). The molecule has 0 radical (unpaired) electrons. The van der Waals surface area contributed by atoms with Gasteiger partial charge in [0.15, 0.2) is 0 Å². The normalized spacial score (nSPS) is 12.0. The van der Waals surface area contributed by atoms with Gasteiger partial charge in [-0.15, -0.1) is 0 Å². The number of nitrogens with two attached hydrogens (primary N) is 1. The second kappa shape index (κ2) is 10.2. The molecule has 4 aromatic carbocycles. The average molecular weight is 449 g/mol. The van der Waals surface area contributed by atoms with Crippen LogP contribution in [-0.4, -0.2) is 17.9 Å². The lowest BCUT2D eigenvalue weighted by atomic mass is 9.68. The van der Waals surface area contributed by atoms with Gasteiger partial charge in [0.1, 0.15) is 11.5 Å². The van der Waals surface area contributed by atoms with E-state index in [-0.39, 0.29) is 5.91 Å². The van der Waals surface area contributed by atoms with E-state index in [1.54, 1.807) is 0 Å². The van der Waals surface area contributed by atoms with Gasteiger partial charge in [-0.3, -0.25) is 9.59 Å². The monoisotopic (exact) mass is 448 g/mol. The zero-order valence-corrected chi connectivity index (χ0v) is 19.1. The summed E-state index contributed by atoms with van der Waals surface area (Å²) in [6, 6.07) is 36.0. The van der Waals surface area contributed by atoms with E-state index in [0.29, 0.717) is 6.42 Å². The second-order valence-corrected chi connectivity index (χ2v) is 8.47. The summed E-state index contributed by atoms with van der Waals surface area (Å²) < 4.78 is 0. The molecule has 1 atom stereocenters. The lowest BCUT2D eigenvalue weighted by Crippen LogP contribution is -2.54. The van der Waals surface area contributed by atoms with Gasteiger partial charge in [-0.25, -0.2) is 0 Å². The van der Waals surface area contributed by atoms with Crippen molar-refractivity contribution in [2.75, 3.05) is 0 Å². The third-order valence-corrected chi connectivity index (χ3v) is 6.13. The number of aryl methyl sites for hydroxylation is 1. The van der Waals surface area contributed by atoms with E-state index in [1.165, 1.54) is 0 Å². The maximum Gasteiger partial charge on any atom is 0.240 e. The molecule has 4 heteroatoms. The van der Waals surface area contributed by atoms with Gasteiger partial charge in [-0.05, 0) is 29.2 Å². The number of amides is 2. The molecule has 0 fully saturated rings. The summed E-state index contributed by atoms with van der Waals surface area (Å²) >= 11 is 0. The molecule has 0 saturated heterocycles. The SMILES string of the molecule is Cc1cccc(C[C@@H](NC(=O)C(c2ccccc2)(c2ccccc2)c2ccccc2)C(N)=O)c1. The van der Waals surface area contributed by atoms with Gasteiger partial charge in [0.2, 0.25) is 11.8 Å². The Hall–Kier alpha value is -4.18.